The minimum absolute atomic E-state index is 0.150. The summed E-state index contributed by atoms with van der Waals surface area (Å²) in [6.45, 7) is 13.9. The van der Waals surface area contributed by atoms with Gasteiger partial charge < -0.3 is 10.0 Å². The van der Waals surface area contributed by atoms with Crippen molar-refractivity contribution >= 4 is 11.8 Å². The lowest BCUT2D eigenvalue weighted by Crippen LogP contribution is -2.53. The molecular weight excluding hydrogens is 266 g/mol. The fourth-order valence-electron chi connectivity index (χ4n) is 2.90. The Balaban J connectivity index is 2.26. The molecule has 0 unspecified atom stereocenters. The fraction of sp³-hybridized carbons (Fsp3) is 0.625. The summed E-state index contributed by atoms with van der Waals surface area (Å²) in [6, 6.07) is 1.83. The number of pyridine rings is 1. The van der Waals surface area contributed by atoms with E-state index in [9.17, 15) is 9.90 Å². The number of aryl methyl sites for hydroxylation is 2. The van der Waals surface area contributed by atoms with E-state index in [1.165, 1.54) is 0 Å². The Morgan fingerprint density at radius 2 is 1.76 bits per heavy atom. The van der Waals surface area contributed by atoms with Gasteiger partial charge in [0, 0.05) is 37.4 Å². The molecule has 0 spiro atoms. The first-order valence-corrected chi connectivity index (χ1v) is 7.41. The summed E-state index contributed by atoms with van der Waals surface area (Å²) in [5.41, 5.74) is 2.14. The van der Waals surface area contributed by atoms with E-state index in [4.69, 9.17) is 0 Å². The second kappa shape index (κ2) is 5.64. The number of piperazine rings is 1. The molecule has 1 N–H and O–H groups in total. The summed E-state index contributed by atoms with van der Waals surface area (Å²) in [4.78, 5) is 20.6. The summed E-state index contributed by atoms with van der Waals surface area (Å²) in [6.07, 6.45) is 0. The van der Waals surface area contributed by atoms with Crippen LogP contribution in [0, 0.1) is 13.8 Å². The summed E-state index contributed by atoms with van der Waals surface area (Å²) in [5.74, 6) is -0.276. The Kier molecular flexibility index (Phi) is 4.23. The zero-order valence-electron chi connectivity index (χ0n) is 13.6. The van der Waals surface area contributed by atoms with Crippen LogP contribution in [0.1, 0.15) is 42.4 Å². The Morgan fingerprint density at radius 3 is 2.24 bits per heavy atom. The summed E-state index contributed by atoms with van der Waals surface area (Å²) in [7, 11) is 0. The molecule has 1 aromatic rings. The average molecular weight is 291 g/mol. The number of anilines is 1. The summed E-state index contributed by atoms with van der Waals surface area (Å²) in [5, 5.41) is 9.47. The van der Waals surface area contributed by atoms with Gasteiger partial charge >= 0.3 is 5.97 Å². The topological polar surface area (TPSA) is 56.7 Å². The van der Waals surface area contributed by atoms with Gasteiger partial charge in [-0.2, -0.15) is 0 Å². The van der Waals surface area contributed by atoms with Crippen molar-refractivity contribution in [2.45, 2.75) is 40.2 Å². The second-order valence-electron chi connectivity index (χ2n) is 6.73. The van der Waals surface area contributed by atoms with Crippen molar-refractivity contribution in [2.75, 3.05) is 31.1 Å². The van der Waals surface area contributed by atoms with E-state index in [1.807, 2.05) is 19.9 Å². The third kappa shape index (κ3) is 3.35. The van der Waals surface area contributed by atoms with Crippen LogP contribution in [0.15, 0.2) is 6.07 Å². The van der Waals surface area contributed by atoms with E-state index in [-0.39, 0.29) is 5.54 Å². The third-order valence-corrected chi connectivity index (χ3v) is 4.07. The minimum Gasteiger partial charge on any atom is -0.478 e. The first kappa shape index (κ1) is 15.8. The predicted molar refractivity (Wildman–Crippen MR) is 84.2 cm³/mol. The van der Waals surface area contributed by atoms with E-state index in [1.54, 1.807) is 0 Å². The highest BCUT2D eigenvalue weighted by atomic mass is 16.4. The van der Waals surface area contributed by atoms with Gasteiger partial charge in [0.1, 0.15) is 11.4 Å². The molecule has 0 saturated carbocycles. The lowest BCUT2D eigenvalue weighted by atomic mass is 10.0. The molecule has 5 nitrogen and oxygen atoms in total. The smallest absolute Gasteiger partial charge is 0.339 e. The first-order valence-electron chi connectivity index (χ1n) is 7.41. The molecule has 1 aromatic heterocycles. The Bertz CT molecular complexity index is 541. The van der Waals surface area contributed by atoms with Gasteiger partial charge in [-0.25, -0.2) is 9.78 Å². The quantitative estimate of drug-likeness (QED) is 0.906. The van der Waals surface area contributed by atoms with Crippen LogP contribution in [-0.4, -0.2) is 52.7 Å². The van der Waals surface area contributed by atoms with Gasteiger partial charge in [0.25, 0.3) is 0 Å². The van der Waals surface area contributed by atoms with Crippen LogP contribution in [-0.2, 0) is 0 Å². The molecule has 1 aliphatic rings. The highest BCUT2D eigenvalue weighted by molar-refractivity contribution is 5.95. The van der Waals surface area contributed by atoms with Crippen molar-refractivity contribution in [3.8, 4) is 0 Å². The first-order chi connectivity index (χ1) is 9.70. The number of aromatic nitrogens is 1. The number of aromatic carboxylic acids is 1. The molecule has 5 heteroatoms. The van der Waals surface area contributed by atoms with Crippen molar-refractivity contribution in [3.63, 3.8) is 0 Å². The van der Waals surface area contributed by atoms with Gasteiger partial charge in [-0.15, -0.1) is 0 Å². The van der Waals surface area contributed by atoms with Crippen LogP contribution >= 0.6 is 0 Å². The normalized spacial score (nSPS) is 17.1. The van der Waals surface area contributed by atoms with E-state index in [0.717, 1.165) is 37.4 Å². The molecule has 0 aliphatic carbocycles. The number of rotatable bonds is 2. The largest absolute Gasteiger partial charge is 0.478 e. The molecule has 1 fully saturated rings. The number of hydrogen-bond acceptors (Lipinski definition) is 4. The zero-order valence-corrected chi connectivity index (χ0v) is 13.6. The molecule has 1 saturated heterocycles. The highest BCUT2D eigenvalue weighted by Gasteiger charge is 2.28. The SMILES string of the molecule is Cc1cc(C)c(C(=O)O)c(N2CCN(C(C)(C)C)CC2)n1. The van der Waals surface area contributed by atoms with E-state index in [2.05, 4.69) is 35.6 Å². The maximum Gasteiger partial charge on any atom is 0.339 e. The third-order valence-electron chi connectivity index (χ3n) is 4.07. The maximum absolute atomic E-state index is 11.5. The van der Waals surface area contributed by atoms with Gasteiger partial charge in [-0.1, -0.05) is 0 Å². The highest BCUT2D eigenvalue weighted by Crippen LogP contribution is 2.25. The molecule has 0 bridgehead atoms. The molecule has 116 valence electrons. The molecule has 2 heterocycles. The van der Waals surface area contributed by atoms with Crippen molar-refractivity contribution in [3.05, 3.63) is 22.9 Å². The molecule has 1 aliphatic heterocycles. The molecule has 2 rings (SSSR count). The number of carboxylic acids is 1. The zero-order chi connectivity index (χ0) is 15.8. The molecular formula is C16H25N3O2. The van der Waals surface area contributed by atoms with E-state index >= 15 is 0 Å². The van der Waals surface area contributed by atoms with Crippen LogP contribution in [0.4, 0.5) is 5.82 Å². The lowest BCUT2D eigenvalue weighted by molar-refractivity contribution is 0.0695. The van der Waals surface area contributed by atoms with Gasteiger partial charge in [-0.05, 0) is 46.2 Å². The number of carbonyl (C=O) groups is 1. The predicted octanol–water partition coefficient (Wildman–Crippen LogP) is 2.32. The monoisotopic (exact) mass is 291 g/mol. The van der Waals surface area contributed by atoms with Crippen LogP contribution in [0.3, 0.4) is 0 Å². The molecule has 21 heavy (non-hydrogen) atoms. The van der Waals surface area contributed by atoms with Crippen molar-refractivity contribution < 1.29 is 9.90 Å². The lowest BCUT2D eigenvalue weighted by Gasteiger charge is -2.43. The van der Waals surface area contributed by atoms with Gasteiger partial charge in [-0.3, -0.25) is 4.90 Å². The molecule has 0 amide bonds. The fourth-order valence-corrected chi connectivity index (χ4v) is 2.90. The molecule has 0 atom stereocenters. The standard InChI is InChI=1S/C16H25N3O2/c1-11-10-12(2)17-14(13(11)15(20)21)18-6-8-19(9-7-18)16(3,4)5/h10H,6-9H2,1-5H3,(H,20,21). The van der Waals surface area contributed by atoms with Gasteiger partial charge in [0.15, 0.2) is 0 Å². The Morgan fingerprint density at radius 1 is 1.19 bits per heavy atom. The average Bonchev–Trinajstić information content (AvgIpc) is 2.36. The van der Waals surface area contributed by atoms with E-state index < -0.39 is 5.97 Å². The Hall–Kier alpha value is -1.62. The van der Waals surface area contributed by atoms with Crippen molar-refractivity contribution in [2.24, 2.45) is 0 Å². The van der Waals surface area contributed by atoms with Crippen LogP contribution in [0.25, 0.3) is 0 Å². The van der Waals surface area contributed by atoms with Gasteiger partial charge in [0.2, 0.25) is 0 Å². The maximum atomic E-state index is 11.5. The minimum atomic E-state index is -0.895. The van der Waals surface area contributed by atoms with Crippen LogP contribution < -0.4 is 4.90 Å². The summed E-state index contributed by atoms with van der Waals surface area (Å²) >= 11 is 0. The summed E-state index contributed by atoms with van der Waals surface area (Å²) < 4.78 is 0. The van der Waals surface area contributed by atoms with Crippen molar-refractivity contribution in [1.82, 2.24) is 9.88 Å². The van der Waals surface area contributed by atoms with Gasteiger partial charge in [0.05, 0.1) is 0 Å². The molecule has 0 aromatic carbocycles. The van der Waals surface area contributed by atoms with Crippen LogP contribution in [0.2, 0.25) is 0 Å². The Labute approximate surface area is 126 Å². The molecule has 0 radical (unpaired) electrons. The second-order valence-corrected chi connectivity index (χ2v) is 6.73. The van der Waals surface area contributed by atoms with Crippen molar-refractivity contribution in [1.29, 1.82) is 0 Å². The number of hydrogen-bond donors (Lipinski definition) is 1. The van der Waals surface area contributed by atoms with E-state index in [0.29, 0.717) is 11.4 Å². The number of nitrogens with zero attached hydrogens (tertiary/aromatic N) is 3. The van der Waals surface area contributed by atoms with Crippen LogP contribution in [0.5, 0.6) is 0 Å². The number of carboxylic acid groups (broad SMARTS) is 1.